The predicted molar refractivity (Wildman–Crippen MR) is 121 cm³/mol. The molecule has 1 atom stereocenters. The van der Waals surface area contributed by atoms with Crippen molar-refractivity contribution in [3.8, 4) is 5.75 Å². The number of likely N-dealkylation sites (tertiary alicyclic amines) is 1. The zero-order valence-electron chi connectivity index (χ0n) is 18.3. The van der Waals surface area contributed by atoms with Crippen molar-refractivity contribution in [2.45, 2.75) is 77.4 Å². The standard InChI is InChI=1S/C26H35NO3/c1-18(2)20-10-12-23(13-11-20)30-25-8-5-6-21-16-19(9-14-24(21)25)17-22-7-3-4-15-27(22)26(28)29/h5-6,8-9,14,16,18,20,22-23H,3-4,7,10-13,15,17H2,1-2H3,(H,28,29)/t20-,22?,23+. The summed E-state index contributed by atoms with van der Waals surface area (Å²) >= 11 is 0. The van der Waals surface area contributed by atoms with Gasteiger partial charge in [0, 0.05) is 18.0 Å². The normalized spacial score (nSPS) is 24.9. The Morgan fingerprint density at radius 1 is 1.10 bits per heavy atom. The molecule has 2 aliphatic rings. The van der Waals surface area contributed by atoms with Gasteiger partial charge in [0.25, 0.3) is 0 Å². The number of hydrogen-bond acceptors (Lipinski definition) is 2. The van der Waals surface area contributed by atoms with Crippen molar-refractivity contribution < 1.29 is 14.6 Å². The first-order chi connectivity index (χ1) is 14.5. The second-order valence-electron chi connectivity index (χ2n) is 9.54. The summed E-state index contributed by atoms with van der Waals surface area (Å²) in [7, 11) is 0. The number of benzene rings is 2. The molecule has 162 valence electrons. The fraction of sp³-hybridized carbons (Fsp3) is 0.577. The van der Waals surface area contributed by atoms with Crippen molar-refractivity contribution >= 4 is 16.9 Å². The third-order valence-corrected chi connectivity index (χ3v) is 7.20. The highest BCUT2D eigenvalue weighted by Gasteiger charge is 2.27. The van der Waals surface area contributed by atoms with Crippen LogP contribution in [0.2, 0.25) is 0 Å². The van der Waals surface area contributed by atoms with E-state index in [9.17, 15) is 9.90 Å². The fourth-order valence-electron chi connectivity index (χ4n) is 5.32. The van der Waals surface area contributed by atoms with Crippen molar-refractivity contribution in [3.63, 3.8) is 0 Å². The van der Waals surface area contributed by atoms with Crippen LogP contribution in [0.15, 0.2) is 36.4 Å². The molecule has 1 unspecified atom stereocenters. The van der Waals surface area contributed by atoms with Crippen LogP contribution in [-0.4, -0.2) is 34.8 Å². The van der Waals surface area contributed by atoms with Gasteiger partial charge in [-0.05, 0) is 80.2 Å². The van der Waals surface area contributed by atoms with E-state index >= 15 is 0 Å². The van der Waals surface area contributed by atoms with Crippen molar-refractivity contribution in [1.82, 2.24) is 4.90 Å². The van der Waals surface area contributed by atoms with Crippen molar-refractivity contribution in [3.05, 3.63) is 42.0 Å². The van der Waals surface area contributed by atoms with Crippen LogP contribution in [0.1, 0.15) is 64.4 Å². The molecule has 1 N–H and O–H groups in total. The lowest BCUT2D eigenvalue weighted by Gasteiger charge is -2.33. The summed E-state index contributed by atoms with van der Waals surface area (Å²) in [5.74, 6) is 2.59. The molecule has 2 fully saturated rings. The van der Waals surface area contributed by atoms with E-state index in [-0.39, 0.29) is 6.04 Å². The Morgan fingerprint density at radius 3 is 2.63 bits per heavy atom. The summed E-state index contributed by atoms with van der Waals surface area (Å²) in [5, 5.41) is 11.8. The summed E-state index contributed by atoms with van der Waals surface area (Å²) in [6.07, 6.45) is 8.16. The van der Waals surface area contributed by atoms with Gasteiger partial charge in [-0.15, -0.1) is 0 Å². The van der Waals surface area contributed by atoms with Gasteiger partial charge in [0.15, 0.2) is 0 Å². The molecule has 2 aromatic rings. The quantitative estimate of drug-likeness (QED) is 0.612. The second kappa shape index (κ2) is 9.28. The molecular weight excluding hydrogens is 374 g/mol. The molecule has 1 heterocycles. The van der Waals surface area contributed by atoms with E-state index in [1.807, 2.05) is 0 Å². The number of ether oxygens (including phenoxy) is 1. The van der Waals surface area contributed by atoms with E-state index in [1.165, 1.54) is 23.8 Å². The lowest BCUT2D eigenvalue weighted by Crippen LogP contribution is -2.44. The van der Waals surface area contributed by atoms with Crippen molar-refractivity contribution in [1.29, 1.82) is 0 Å². The van der Waals surface area contributed by atoms with Gasteiger partial charge in [-0.1, -0.05) is 44.2 Å². The van der Waals surface area contributed by atoms with E-state index in [4.69, 9.17) is 4.74 Å². The van der Waals surface area contributed by atoms with Gasteiger partial charge in [0.05, 0.1) is 6.10 Å². The highest BCUT2D eigenvalue weighted by atomic mass is 16.5. The summed E-state index contributed by atoms with van der Waals surface area (Å²) in [6, 6.07) is 12.9. The molecular formula is C26H35NO3. The molecule has 0 spiro atoms. The zero-order chi connectivity index (χ0) is 21.1. The molecule has 2 aromatic carbocycles. The van der Waals surface area contributed by atoms with Crippen molar-refractivity contribution in [2.75, 3.05) is 6.54 Å². The first-order valence-electron chi connectivity index (χ1n) is 11.7. The van der Waals surface area contributed by atoms with Crippen molar-refractivity contribution in [2.24, 2.45) is 11.8 Å². The number of piperidine rings is 1. The minimum absolute atomic E-state index is 0.0873. The molecule has 4 heteroatoms. The SMILES string of the molecule is CC(C)[C@H]1CC[C@@H](Oc2cccc3cc(CC4CCCCN4C(=O)O)ccc23)CC1. The maximum Gasteiger partial charge on any atom is 0.407 e. The highest BCUT2D eigenvalue weighted by molar-refractivity contribution is 5.88. The number of rotatable bonds is 5. The van der Waals surface area contributed by atoms with E-state index in [0.717, 1.165) is 61.5 Å². The molecule has 1 aliphatic carbocycles. The number of nitrogens with zero attached hydrogens (tertiary/aromatic N) is 1. The van der Waals surface area contributed by atoms with Gasteiger partial charge in [-0.2, -0.15) is 0 Å². The zero-order valence-corrected chi connectivity index (χ0v) is 18.3. The van der Waals surface area contributed by atoms with Gasteiger partial charge in [-0.25, -0.2) is 4.79 Å². The summed E-state index contributed by atoms with van der Waals surface area (Å²) in [5.41, 5.74) is 1.20. The topological polar surface area (TPSA) is 49.8 Å². The van der Waals surface area contributed by atoms with E-state index in [2.05, 4.69) is 50.2 Å². The average molecular weight is 410 g/mol. The first kappa shape index (κ1) is 21.0. The Kier molecular flexibility index (Phi) is 6.50. The molecule has 0 bridgehead atoms. The van der Waals surface area contributed by atoms with Crippen LogP contribution < -0.4 is 4.74 Å². The van der Waals surface area contributed by atoms with E-state index < -0.39 is 6.09 Å². The summed E-state index contributed by atoms with van der Waals surface area (Å²) < 4.78 is 6.45. The van der Waals surface area contributed by atoms with E-state index in [1.54, 1.807) is 4.90 Å². The first-order valence-corrected chi connectivity index (χ1v) is 11.7. The third kappa shape index (κ3) is 4.74. The third-order valence-electron chi connectivity index (χ3n) is 7.20. The van der Waals surface area contributed by atoms with Gasteiger partial charge in [-0.3, -0.25) is 0 Å². The van der Waals surface area contributed by atoms with Gasteiger partial charge in [0.1, 0.15) is 5.75 Å². The van der Waals surface area contributed by atoms with Crippen LogP contribution in [0.5, 0.6) is 5.75 Å². The Balaban J connectivity index is 1.46. The van der Waals surface area contributed by atoms with Crippen LogP contribution in [0.3, 0.4) is 0 Å². The summed E-state index contributed by atoms with van der Waals surface area (Å²) in [4.78, 5) is 13.2. The highest BCUT2D eigenvalue weighted by Crippen LogP contribution is 2.34. The molecule has 0 aromatic heterocycles. The Labute approximate surface area is 180 Å². The lowest BCUT2D eigenvalue weighted by molar-refractivity contribution is 0.106. The van der Waals surface area contributed by atoms with Crippen LogP contribution in [0.25, 0.3) is 10.8 Å². The Bertz CT molecular complexity index is 870. The summed E-state index contributed by atoms with van der Waals surface area (Å²) in [6.45, 7) is 5.32. The molecule has 4 nitrogen and oxygen atoms in total. The monoisotopic (exact) mass is 409 g/mol. The van der Waals surface area contributed by atoms with Gasteiger partial charge in [0.2, 0.25) is 0 Å². The van der Waals surface area contributed by atoms with E-state index in [0.29, 0.717) is 12.6 Å². The van der Waals surface area contributed by atoms with Gasteiger partial charge < -0.3 is 14.7 Å². The number of amides is 1. The maximum atomic E-state index is 11.6. The minimum atomic E-state index is -0.789. The molecule has 0 radical (unpaired) electrons. The lowest BCUT2D eigenvalue weighted by atomic mass is 9.80. The second-order valence-corrected chi connectivity index (χ2v) is 9.54. The molecule has 4 rings (SSSR count). The Hall–Kier alpha value is -2.23. The predicted octanol–water partition coefficient (Wildman–Crippen LogP) is 6.51. The molecule has 1 amide bonds. The van der Waals surface area contributed by atoms with Crippen LogP contribution in [0.4, 0.5) is 4.79 Å². The number of hydrogen-bond donors (Lipinski definition) is 1. The maximum absolute atomic E-state index is 11.6. The molecule has 30 heavy (non-hydrogen) atoms. The number of carboxylic acid groups (broad SMARTS) is 1. The average Bonchev–Trinajstić information content (AvgIpc) is 2.74. The smallest absolute Gasteiger partial charge is 0.407 e. The number of carbonyl (C=O) groups is 1. The fourth-order valence-corrected chi connectivity index (χ4v) is 5.32. The largest absolute Gasteiger partial charge is 0.490 e. The van der Waals surface area contributed by atoms with Crippen LogP contribution >= 0.6 is 0 Å². The van der Waals surface area contributed by atoms with Crippen LogP contribution in [0, 0.1) is 11.8 Å². The Morgan fingerprint density at radius 2 is 1.90 bits per heavy atom. The van der Waals surface area contributed by atoms with Crippen LogP contribution in [-0.2, 0) is 6.42 Å². The molecule has 1 saturated heterocycles. The van der Waals surface area contributed by atoms with Gasteiger partial charge >= 0.3 is 6.09 Å². The minimum Gasteiger partial charge on any atom is -0.490 e. The molecule has 1 saturated carbocycles. The number of fused-ring (bicyclic) bond motifs is 1. The molecule has 1 aliphatic heterocycles.